The highest BCUT2D eigenvalue weighted by Crippen LogP contribution is 2.27. The van der Waals surface area contributed by atoms with Gasteiger partial charge in [-0.3, -0.25) is 4.79 Å². The molecule has 2 rings (SSSR count). The zero-order valence-electron chi connectivity index (χ0n) is 12.7. The maximum atomic E-state index is 12.5. The SMILES string of the molecule is CCOC(=O)N1CCN(C(=O)[C@H]2CC=CC[C@H]2C(=O)[O-])CC1. The third-order valence-corrected chi connectivity index (χ3v) is 4.17. The van der Waals surface area contributed by atoms with Crippen LogP contribution in [0.25, 0.3) is 0 Å². The van der Waals surface area contributed by atoms with Crippen LogP contribution in [-0.2, 0) is 14.3 Å². The van der Waals surface area contributed by atoms with Gasteiger partial charge in [-0.15, -0.1) is 0 Å². The number of hydrogen-bond donors (Lipinski definition) is 0. The molecule has 7 nitrogen and oxygen atoms in total. The van der Waals surface area contributed by atoms with E-state index in [9.17, 15) is 19.5 Å². The van der Waals surface area contributed by atoms with Gasteiger partial charge in [-0.25, -0.2) is 4.79 Å². The van der Waals surface area contributed by atoms with Gasteiger partial charge in [0, 0.05) is 44.0 Å². The molecule has 0 radical (unpaired) electrons. The van der Waals surface area contributed by atoms with Gasteiger partial charge in [-0.05, 0) is 19.8 Å². The number of carboxylic acids is 1. The molecule has 1 aliphatic heterocycles. The molecule has 0 unspecified atom stereocenters. The fraction of sp³-hybridized carbons (Fsp3) is 0.667. The molecule has 0 aromatic rings. The summed E-state index contributed by atoms with van der Waals surface area (Å²) < 4.78 is 4.93. The molecule has 122 valence electrons. The van der Waals surface area contributed by atoms with Gasteiger partial charge < -0.3 is 24.4 Å². The lowest BCUT2D eigenvalue weighted by Crippen LogP contribution is -2.53. The van der Waals surface area contributed by atoms with Gasteiger partial charge in [0.1, 0.15) is 0 Å². The van der Waals surface area contributed by atoms with Gasteiger partial charge in [0.05, 0.1) is 6.61 Å². The van der Waals surface area contributed by atoms with E-state index in [0.717, 1.165) is 0 Å². The van der Waals surface area contributed by atoms with Crippen LogP contribution < -0.4 is 5.11 Å². The average molecular weight is 309 g/mol. The van der Waals surface area contributed by atoms with Gasteiger partial charge in [0.25, 0.3) is 0 Å². The van der Waals surface area contributed by atoms with E-state index in [1.165, 1.54) is 0 Å². The van der Waals surface area contributed by atoms with Crippen molar-refractivity contribution >= 4 is 18.0 Å². The molecule has 0 N–H and O–H groups in total. The minimum atomic E-state index is -1.17. The Morgan fingerprint density at radius 2 is 1.59 bits per heavy atom. The summed E-state index contributed by atoms with van der Waals surface area (Å²) in [6.07, 6.45) is 4.01. The van der Waals surface area contributed by atoms with Gasteiger partial charge in [-0.2, -0.15) is 0 Å². The molecule has 0 spiro atoms. The Morgan fingerprint density at radius 1 is 1.05 bits per heavy atom. The smallest absolute Gasteiger partial charge is 0.409 e. The summed E-state index contributed by atoms with van der Waals surface area (Å²) in [5, 5.41) is 11.2. The monoisotopic (exact) mass is 309 g/mol. The number of aliphatic carboxylic acids is 1. The Hall–Kier alpha value is -2.05. The zero-order chi connectivity index (χ0) is 16.1. The van der Waals surface area contributed by atoms with Gasteiger partial charge in [-0.1, -0.05) is 12.2 Å². The molecule has 2 aliphatic rings. The van der Waals surface area contributed by atoms with Crippen LogP contribution in [0.2, 0.25) is 0 Å². The van der Waals surface area contributed by atoms with E-state index in [4.69, 9.17) is 4.74 Å². The summed E-state index contributed by atoms with van der Waals surface area (Å²) in [5.41, 5.74) is 0. The van der Waals surface area contributed by atoms with E-state index in [-0.39, 0.29) is 12.0 Å². The lowest BCUT2D eigenvalue weighted by Gasteiger charge is -2.38. The van der Waals surface area contributed by atoms with Crippen molar-refractivity contribution in [1.82, 2.24) is 9.80 Å². The fourth-order valence-electron chi connectivity index (χ4n) is 2.91. The molecular formula is C15H21N2O5-. The van der Waals surface area contributed by atoms with E-state index in [0.29, 0.717) is 45.6 Å². The van der Waals surface area contributed by atoms with Crippen molar-refractivity contribution in [3.8, 4) is 0 Å². The second-order valence-electron chi connectivity index (χ2n) is 5.49. The maximum absolute atomic E-state index is 12.5. The van der Waals surface area contributed by atoms with Crippen LogP contribution in [0.5, 0.6) is 0 Å². The highest BCUT2D eigenvalue weighted by atomic mass is 16.6. The number of carbonyl (C=O) groups is 3. The number of piperazine rings is 1. The molecule has 0 bridgehead atoms. The molecule has 1 saturated heterocycles. The number of carbonyl (C=O) groups excluding carboxylic acids is 3. The molecule has 2 amide bonds. The summed E-state index contributed by atoms with van der Waals surface area (Å²) in [6.45, 7) is 3.68. The largest absolute Gasteiger partial charge is 0.550 e. The molecule has 1 aliphatic carbocycles. The number of ether oxygens (including phenoxy) is 1. The Balaban J connectivity index is 1.93. The van der Waals surface area contributed by atoms with E-state index in [1.54, 1.807) is 22.8 Å². The summed E-state index contributed by atoms with van der Waals surface area (Å²) in [5.74, 6) is -2.67. The number of hydrogen-bond acceptors (Lipinski definition) is 5. The van der Waals surface area contributed by atoms with Gasteiger partial charge in [0.2, 0.25) is 5.91 Å². The highest BCUT2D eigenvalue weighted by molar-refractivity contribution is 5.85. The fourth-order valence-corrected chi connectivity index (χ4v) is 2.91. The summed E-state index contributed by atoms with van der Waals surface area (Å²) in [7, 11) is 0. The summed E-state index contributed by atoms with van der Waals surface area (Å²) >= 11 is 0. The van der Waals surface area contributed by atoms with Crippen molar-refractivity contribution in [1.29, 1.82) is 0 Å². The summed E-state index contributed by atoms with van der Waals surface area (Å²) in [4.78, 5) is 38.5. The van der Waals surface area contributed by atoms with Crippen molar-refractivity contribution in [2.45, 2.75) is 19.8 Å². The highest BCUT2D eigenvalue weighted by Gasteiger charge is 2.34. The van der Waals surface area contributed by atoms with Crippen LogP contribution in [0.1, 0.15) is 19.8 Å². The number of rotatable bonds is 3. The molecule has 2 atom stereocenters. The van der Waals surface area contributed by atoms with Crippen LogP contribution >= 0.6 is 0 Å². The second-order valence-corrected chi connectivity index (χ2v) is 5.49. The predicted molar refractivity (Wildman–Crippen MR) is 75.5 cm³/mol. The summed E-state index contributed by atoms with van der Waals surface area (Å²) in [6, 6.07) is 0. The molecule has 1 fully saturated rings. The van der Waals surface area contributed by atoms with Crippen LogP contribution in [0, 0.1) is 11.8 Å². The third-order valence-electron chi connectivity index (χ3n) is 4.17. The number of allylic oxidation sites excluding steroid dienone is 2. The van der Waals surface area contributed by atoms with E-state index >= 15 is 0 Å². The van der Waals surface area contributed by atoms with Crippen molar-refractivity contribution in [2.75, 3.05) is 32.8 Å². The Bertz CT molecular complexity index is 469. The molecular weight excluding hydrogens is 288 g/mol. The van der Waals surface area contributed by atoms with E-state index in [1.807, 2.05) is 6.08 Å². The van der Waals surface area contributed by atoms with Crippen LogP contribution in [0.15, 0.2) is 12.2 Å². The molecule has 0 aromatic heterocycles. The lowest BCUT2D eigenvalue weighted by atomic mass is 9.82. The first kappa shape index (κ1) is 16.3. The van der Waals surface area contributed by atoms with Crippen molar-refractivity contribution < 1.29 is 24.2 Å². The first-order valence-corrected chi connectivity index (χ1v) is 7.61. The average Bonchev–Trinajstić information content (AvgIpc) is 2.54. The van der Waals surface area contributed by atoms with E-state index < -0.39 is 17.8 Å². The lowest BCUT2D eigenvalue weighted by molar-refractivity contribution is -0.313. The van der Waals surface area contributed by atoms with E-state index in [2.05, 4.69) is 0 Å². The van der Waals surface area contributed by atoms with Crippen LogP contribution in [-0.4, -0.2) is 60.6 Å². The third kappa shape index (κ3) is 3.58. The topological polar surface area (TPSA) is 90.0 Å². The number of carboxylic acid groups (broad SMARTS) is 1. The molecule has 0 aromatic carbocycles. The van der Waals surface area contributed by atoms with Crippen molar-refractivity contribution in [3.05, 3.63) is 12.2 Å². The Labute approximate surface area is 129 Å². The quantitative estimate of drug-likeness (QED) is 0.663. The first-order chi connectivity index (χ1) is 10.5. The predicted octanol–water partition coefficient (Wildman–Crippen LogP) is -0.381. The number of amides is 2. The first-order valence-electron chi connectivity index (χ1n) is 7.61. The molecule has 0 saturated carbocycles. The van der Waals surface area contributed by atoms with Gasteiger partial charge in [0.15, 0.2) is 0 Å². The minimum Gasteiger partial charge on any atom is -0.550 e. The van der Waals surface area contributed by atoms with Crippen molar-refractivity contribution in [2.24, 2.45) is 11.8 Å². The molecule has 1 heterocycles. The maximum Gasteiger partial charge on any atom is 0.409 e. The van der Waals surface area contributed by atoms with Crippen LogP contribution in [0.4, 0.5) is 4.79 Å². The number of nitrogens with zero attached hydrogens (tertiary/aromatic N) is 2. The standard InChI is InChI=1S/C15H22N2O5/c1-2-22-15(21)17-9-7-16(8-10-17)13(18)11-5-3-4-6-12(11)14(19)20/h3-4,11-12H,2,5-10H2,1H3,(H,19,20)/p-1/t11-,12+/m0/s1. The minimum absolute atomic E-state index is 0.165. The Morgan fingerprint density at radius 3 is 2.14 bits per heavy atom. The normalized spacial score (nSPS) is 25.0. The van der Waals surface area contributed by atoms with Gasteiger partial charge >= 0.3 is 6.09 Å². The van der Waals surface area contributed by atoms with Crippen LogP contribution in [0.3, 0.4) is 0 Å². The second kappa shape index (κ2) is 7.29. The molecule has 7 heteroatoms. The Kier molecular flexibility index (Phi) is 5.41. The molecule has 22 heavy (non-hydrogen) atoms. The van der Waals surface area contributed by atoms with Crippen molar-refractivity contribution in [3.63, 3.8) is 0 Å². The zero-order valence-corrected chi connectivity index (χ0v) is 12.7.